The van der Waals surface area contributed by atoms with Gasteiger partial charge in [-0.15, -0.1) is 0 Å². The molecule has 3 heteroatoms. The van der Waals surface area contributed by atoms with Crippen LogP contribution in [0.5, 0.6) is 0 Å². The molecule has 7 aromatic carbocycles. The summed E-state index contributed by atoms with van der Waals surface area (Å²) in [5.74, 6) is 0. The Kier molecular flexibility index (Phi) is 6.58. The second kappa shape index (κ2) is 11.1. The van der Waals surface area contributed by atoms with E-state index in [1.54, 1.807) is 0 Å². The number of para-hydroxylation sites is 2. The zero-order chi connectivity index (χ0) is 31.5. The Morgan fingerprint density at radius 1 is 0.511 bits per heavy atom. The number of benzene rings is 7. The van der Waals surface area contributed by atoms with Gasteiger partial charge in [0.2, 0.25) is 0 Å². The quantitative estimate of drug-likeness (QED) is 0.167. The second-order valence-electron chi connectivity index (χ2n) is 12.1. The number of nitrogens with zero attached hydrogens (tertiary/aromatic N) is 2. The van der Waals surface area contributed by atoms with Gasteiger partial charge in [-0.2, -0.15) is 0 Å². The van der Waals surface area contributed by atoms with E-state index in [2.05, 4.69) is 163 Å². The van der Waals surface area contributed by atoms with Crippen LogP contribution in [0, 0.1) is 29.0 Å². The molecule has 0 atom stereocenters. The fraction of sp³-hybridized carbons (Fsp3) is 0.0227. The summed E-state index contributed by atoms with van der Waals surface area (Å²) in [5.41, 5.74) is 12.7. The zero-order valence-electron chi connectivity index (χ0n) is 25.8. The fourth-order valence-corrected chi connectivity index (χ4v) is 13.8. The van der Waals surface area contributed by atoms with Gasteiger partial charge in [0.1, 0.15) is 0 Å². The molecule has 0 bridgehead atoms. The molecule has 0 aliphatic carbocycles. The number of halogens is 1. The van der Waals surface area contributed by atoms with Crippen LogP contribution >= 0.6 is 19.8 Å². The second-order valence-corrected chi connectivity index (χ2v) is 17.2. The van der Waals surface area contributed by atoms with Crippen molar-refractivity contribution in [2.75, 3.05) is 0 Å². The van der Waals surface area contributed by atoms with Crippen LogP contribution in [-0.2, 0) is 0 Å². The molecule has 0 unspecified atom stereocenters. The summed E-state index contributed by atoms with van der Waals surface area (Å²) in [7, 11) is 0. The van der Waals surface area contributed by atoms with Crippen molar-refractivity contribution in [3.8, 4) is 45.1 Å². The first-order valence-corrected chi connectivity index (χ1v) is 19.0. The molecule has 0 saturated carbocycles. The topological polar surface area (TPSA) is 28.7 Å². The first-order chi connectivity index (χ1) is 23.2. The van der Waals surface area contributed by atoms with Crippen LogP contribution in [0.3, 0.4) is 0 Å². The summed E-state index contributed by atoms with van der Waals surface area (Å²) in [6.45, 7) is 2.22. The predicted octanol–water partition coefficient (Wildman–Crippen LogP) is 11.7. The first-order valence-electron chi connectivity index (χ1n) is 15.8. The Morgan fingerprint density at radius 2 is 1.09 bits per heavy atom. The third-order valence-electron chi connectivity index (χ3n) is 9.18. The minimum absolute atomic E-state index is 0.652. The van der Waals surface area contributed by atoms with E-state index in [1.165, 1.54) is 49.3 Å². The Morgan fingerprint density at radius 3 is 1.72 bits per heavy atom. The summed E-state index contributed by atoms with van der Waals surface area (Å²) < 4.78 is 6.87. The predicted molar refractivity (Wildman–Crippen MR) is 203 cm³/mol. The standard InChI is InChI=1S/C44H29IN2/c1-29-24-33(27-34(25-29)45-40-14-6-2-10-35(40)36-11-3-7-15-41(36)45)31-19-21-32(22-20-31)39-26-30(28-46)18-23-44(39)47-42-16-8-4-12-37(42)38-13-5-9-17-43(38)47/h2-27H,1H3. The van der Waals surface area contributed by atoms with Gasteiger partial charge >= 0.3 is 247 Å². The Bertz CT molecular complexity index is 2450. The van der Waals surface area contributed by atoms with Gasteiger partial charge in [0.15, 0.2) is 0 Å². The van der Waals surface area contributed by atoms with Gasteiger partial charge < -0.3 is 0 Å². The molecule has 1 aliphatic heterocycles. The Balaban J connectivity index is 1.16. The number of hydrogen-bond donors (Lipinski definition) is 0. The average Bonchev–Trinajstić information content (AvgIpc) is 3.64. The van der Waals surface area contributed by atoms with Gasteiger partial charge in [0.25, 0.3) is 0 Å². The minimum atomic E-state index is -1.82. The van der Waals surface area contributed by atoms with Crippen molar-refractivity contribution < 1.29 is 0 Å². The molecule has 0 saturated heterocycles. The van der Waals surface area contributed by atoms with E-state index in [0.29, 0.717) is 5.56 Å². The third-order valence-corrected chi connectivity index (χ3v) is 15.3. The Labute approximate surface area is 281 Å². The summed E-state index contributed by atoms with van der Waals surface area (Å²) in [4.78, 5) is 0. The molecule has 2 heterocycles. The van der Waals surface area contributed by atoms with Crippen LogP contribution in [-0.4, -0.2) is 4.57 Å². The average molecular weight is 713 g/mol. The van der Waals surface area contributed by atoms with Gasteiger partial charge in [-0.25, -0.2) is 0 Å². The van der Waals surface area contributed by atoms with E-state index in [0.717, 1.165) is 27.8 Å². The molecule has 222 valence electrons. The van der Waals surface area contributed by atoms with E-state index < -0.39 is 19.8 Å². The normalized spacial score (nSPS) is 12.6. The van der Waals surface area contributed by atoms with Crippen LogP contribution in [0.2, 0.25) is 0 Å². The van der Waals surface area contributed by atoms with Crippen molar-refractivity contribution in [1.82, 2.24) is 4.57 Å². The number of fused-ring (bicyclic) bond motifs is 6. The van der Waals surface area contributed by atoms with E-state index in [4.69, 9.17) is 0 Å². The maximum absolute atomic E-state index is 9.88. The number of aryl methyl sites for hydroxylation is 1. The van der Waals surface area contributed by atoms with Crippen LogP contribution < -0.4 is 0 Å². The molecule has 47 heavy (non-hydrogen) atoms. The van der Waals surface area contributed by atoms with Crippen LogP contribution in [0.25, 0.3) is 60.9 Å². The van der Waals surface area contributed by atoms with Gasteiger partial charge in [0, 0.05) is 0 Å². The molecular formula is C44H29IN2. The Hall–Kier alpha value is -5.44. The molecule has 0 N–H and O–H groups in total. The molecular weight excluding hydrogens is 683 g/mol. The summed E-state index contributed by atoms with van der Waals surface area (Å²) in [6.07, 6.45) is 0. The molecule has 9 rings (SSSR count). The van der Waals surface area contributed by atoms with Gasteiger partial charge in [-0.3, -0.25) is 0 Å². The van der Waals surface area contributed by atoms with E-state index in [1.807, 2.05) is 12.1 Å². The number of nitriles is 1. The van der Waals surface area contributed by atoms with Gasteiger partial charge in [0.05, 0.1) is 0 Å². The van der Waals surface area contributed by atoms with Crippen molar-refractivity contribution in [2.45, 2.75) is 6.92 Å². The number of hydrogen-bond acceptors (Lipinski definition) is 1. The van der Waals surface area contributed by atoms with Crippen molar-refractivity contribution in [2.24, 2.45) is 0 Å². The molecule has 0 spiro atoms. The molecule has 1 aromatic heterocycles. The number of aromatic nitrogens is 1. The zero-order valence-corrected chi connectivity index (χ0v) is 27.9. The van der Waals surface area contributed by atoms with Crippen molar-refractivity contribution in [3.05, 3.63) is 180 Å². The van der Waals surface area contributed by atoms with Crippen molar-refractivity contribution >= 4 is 41.6 Å². The SMILES string of the molecule is Cc1cc(-c2ccc(-c3cc(C#N)ccc3-n3c4ccccc4c4ccccc43)cc2)cc(I2c3ccccc3-c3ccccc32)c1. The van der Waals surface area contributed by atoms with Gasteiger partial charge in [-0.05, 0) is 0 Å². The third kappa shape index (κ3) is 4.52. The fourth-order valence-electron chi connectivity index (χ4n) is 7.10. The summed E-state index contributed by atoms with van der Waals surface area (Å²) in [5, 5.41) is 12.3. The molecule has 0 fully saturated rings. The molecule has 2 nitrogen and oxygen atoms in total. The molecule has 1 aliphatic rings. The number of rotatable bonds is 4. The van der Waals surface area contributed by atoms with Crippen molar-refractivity contribution in [1.29, 1.82) is 5.26 Å². The molecule has 8 aromatic rings. The summed E-state index contributed by atoms with van der Waals surface area (Å²) in [6, 6.07) is 59.6. The van der Waals surface area contributed by atoms with Crippen molar-refractivity contribution in [3.63, 3.8) is 0 Å². The van der Waals surface area contributed by atoms with E-state index in [-0.39, 0.29) is 0 Å². The molecule has 0 radical (unpaired) electrons. The first kappa shape index (κ1) is 27.8. The van der Waals surface area contributed by atoms with E-state index >= 15 is 0 Å². The molecule has 0 amide bonds. The maximum atomic E-state index is 9.88. The van der Waals surface area contributed by atoms with Crippen LogP contribution in [0.15, 0.2) is 158 Å². The monoisotopic (exact) mass is 712 g/mol. The van der Waals surface area contributed by atoms with E-state index in [9.17, 15) is 5.26 Å². The van der Waals surface area contributed by atoms with Gasteiger partial charge in [-0.1, -0.05) is 36.4 Å². The van der Waals surface area contributed by atoms with Crippen LogP contribution in [0.1, 0.15) is 11.1 Å². The van der Waals surface area contributed by atoms with Crippen LogP contribution in [0.4, 0.5) is 0 Å². The summed E-state index contributed by atoms with van der Waals surface area (Å²) >= 11 is -1.82.